The van der Waals surface area contributed by atoms with Gasteiger partial charge in [-0.2, -0.15) is 28.1 Å². The van der Waals surface area contributed by atoms with Gasteiger partial charge in [0.15, 0.2) is 0 Å². The monoisotopic (exact) mass is 580 g/mol. The number of aromatic nitrogens is 5. The fourth-order valence-electron chi connectivity index (χ4n) is 2.95. The lowest BCUT2D eigenvalue weighted by atomic mass is 10.1. The van der Waals surface area contributed by atoms with Crippen LogP contribution < -0.4 is 14.2 Å². The van der Waals surface area contributed by atoms with E-state index in [0.29, 0.717) is 17.6 Å². The van der Waals surface area contributed by atoms with Crippen LogP contribution in [-0.4, -0.2) is 30.4 Å². The number of carbonyl (C=O) groups excluding carboxylic acids is 1. The van der Waals surface area contributed by atoms with Gasteiger partial charge in [-0.3, -0.25) is 12.9 Å². The molecule has 13 heteroatoms. The van der Waals surface area contributed by atoms with Crippen molar-refractivity contribution in [3.63, 3.8) is 0 Å². The zero-order valence-electron chi connectivity index (χ0n) is 17.4. The number of halogens is 4. The third kappa shape index (κ3) is 5.41. The first-order valence-corrected chi connectivity index (χ1v) is 10.8. The van der Waals surface area contributed by atoms with Gasteiger partial charge in [0.25, 0.3) is 5.91 Å². The Labute approximate surface area is 205 Å². The number of rotatable bonds is 6. The van der Waals surface area contributed by atoms with Crippen molar-refractivity contribution in [3.05, 3.63) is 77.9 Å². The van der Waals surface area contributed by atoms with Crippen molar-refractivity contribution in [1.82, 2.24) is 24.5 Å². The number of imidazole rings is 1. The molecule has 0 spiro atoms. The van der Waals surface area contributed by atoms with Crippen LogP contribution in [-0.2, 0) is 6.18 Å². The van der Waals surface area contributed by atoms with Crippen LogP contribution in [0.15, 0.2) is 61.2 Å². The minimum atomic E-state index is -4.51. The van der Waals surface area contributed by atoms with Crippen LogP contribution in [0, 0.1) is 6.92 Å². The zero-order valence-corrected chi connectivity index (χ0v) is 19.6. The first-order chi connectivity index (χ1) is 16.2. The number of aryl methyl sites for hydroxylation is 1. The van der Waals surface area contributed by atoms with Gasteiger partial charge in [-0.1, -0.05) is 12.1 Å². The molecule has 0 radical (unpaired) electrons. The SMILES string of the molecule is Cc1ccc(C(=O)Nc2cccc(C(F)(F)F)c2)cc1Nc1nc(NI)nc(-n2ccnc2)n1. The second kappa shape index (κ2) is 9.62. The van der Waals surface area contributed by atoms with Crippen LogP contribution >= 0.6 is 22.9 Å². The third-order valence-electron chi connectivity index (χ3n) is 4.64. The van der Waals surface area contributed by atoms with Gasteiger partial charge in [-0.15, -0.1) is 0 Å². The van der Waals surface area contributed by atoms with E-state index in [9.17, 15) is 18.0 Å². The molecule has 3 N–H and O–H groups in total. The average molecular weight is 580 g/mol. The van der Waals surface area contributed by atoms with E-state index in [1.807, 2.05) is 29.8 Å². The predicted molar refractivity (Wildman–Crippen MR) is 128 cm³/mol. The molecule has 174 valence electrons. The number of hydrogen-bond donors (Lipinski definition) is 3. The third-order valence-corrected chi connectivity index (χ3v) is 5.12. The molecule has 2 heterocycles. The average Bonchev–Trinajstić information content (AvgIpc) is 3.35. The van der Waals surface area contributed by atoms with E-state index in [2.05, 4.69) is 34.1 Å². The molecule has 34 heavy (non-hydrogen) atoms. The maximum Gasteiger partial charge on any atom is 0.416 e. The maximum absolute atomic E-state index is 13.0. The highest BCUT2D eigenvalue weighted by Crippen LogP contribution is 2.31. The Bertz CT molecular complexity index is 1330. The summed E-state index contributed by atoms with van der Waals surface area (Å²) < 4.78 is 43.3. The van der Waals surface area contributed by atoms with Gasteiger partial charge in [0, 0.05) is 29.3 Å². The summed E-state index contributed by atoms with van der Waals surface area (Å²) in [6.07, 6.45) is 0.304. The van der Waals surface area contributed by atoms with Crippen molar-refractivity contribution in [1.29, 1.82) is 0 Å². The summed E-state index contributed by atoms with van der Waals surface area (Å²) in [6, 6.07) is 9.29. The lowest BCUT2D eigenvalue weighted by Crippen LogP contribution is -2.14. The van der Waals surface area contributed by atoms with Crippen molar-refractivity contribution < 1.29 is 18.0 Å². The first-order valence-electron chi connectivity index (χ1n) is 9.70. The highest BCUT2D eigenvalue weighted by atomic mass is 127. The molecule has 1 amide bonds. The molecule has 4 aromatic rings. The molecule has 0 fully saturated rings. The summed E-state index contributed by atoms with van der Waals surface area (Å²) in [5.41, 5.74) is 0.764. The Morgan fingerprint density at radius 1 is 1.06 bits per heavy atom. The Morgan fingerprint density at radius 2 is 1.85 bits per heavy atom. The van der Waals surface area contributed by atoms with Crippen LogP contribution in [0.1, 0.15) is 21.5 Å². The van der Waals surface area contributed by atoms with E-state index < -0.39 is 17.6 Å². The fourth-order valence-corrected chi connectivity index (χ4v) is 3.19. The van der Waals surface area contributed by atoms with Gasteiger partial charge in [0.2, 0.25) is 17.8 Å². The van der Waals surface area contributed by atoms with Crippen molar-refractivity contribution in [2.24, 2.45) is 0 Å². The van der Waals surface area contributed by atoms with E-state index in [0.717, 1.165) is 17.7 Å². The molecular weight excluding hydrogens is 564 g/mol. The molecule has 0 bridgehead atoms. The largest absolute Gasteiger partial charge is 0.416 e. The number of anilines is 4. The van der Waals surface area contributed by atoms with Crippen molar-refractivity contribution in [2.45, 2.75) is 13.1 Å². The smallest absolute Gasteiger partial charge is 0.324 e. The number of carbonyl (C=O) groups is 1. The standard InChI is InChI=1S/C21H16F3IN8O/c1-12-5-6-13(17(34)27-15-4-2-3-14(10-15)21(22,23)24)9-16(12)28-18-29-19(32-25)31-20(30-18)33-8-7-26-11-33/h2-11H,1H3,(H,27,34)(H2,28,29,30,31,32). The summed E-state index contributed by atoms with van der Waals surface area (Å²) in [7, 11) is 0. The molecule has 9 nitrogen and oxygen atoms in total. The van der Waals surface area contributed by atoms with Gasteiger partial charge in [0.05, 0.1) is 28.4 Å². The highest BCUT2D eigenvalue weighted by molar-refractivity contribution is 14.1. The summed E-state index contributed by atoms with van der Waals surface area (Å²) in [4.78, 5) is 29.6. The van der Waals surface area contributed by atoms with E-state index in [-0.39, 0.29) is 17.2 Å². The molecule has 4 rings (SSSR count). The van der Waals surface area contributed by atoms with Crippen LogP contribution in [0.25, 0.3) is 5.95 Å². The number of nitrogens with one attached hydrogen (secondary N) is 3. The minimum Gasteiger partial charge on any atom is -0.324 e. The Hall–Kier alpha value is -3.75. The second-order valence-corrected chi connectivity index (χ2v) is 7.57. The van der Waals surface area contributed by atoms with Crippen molar-refractivity contribution in [3.8, 4) is 5.95 Å². The van der Waals surface area contributed by atoms with E-state index in [1.165, 1.54) is 12.1 Å². The molecule has 0 aliphatic carbocycles. The molecule has 2 aromatic heterocycles. The predicted octanol–water partition coefficient (Wildman–Crippen LogP) is 5.14. The topological polar surface area (TPSA) is 110 Å². The number of amides is 1. The molecule has 0 atom stereocenters. The van der Waals surface area contributed by atoms with Gasteiger partial charge in [-0.05, 0) is 42.8 Å². The quantitative estimate of drug-likeness (QED) is 0.214. The molecule has 0 saturated heterocycles. The number of hydrogen-bond acceptors (Lipinski definition) is 7. The first kappa shape index (κ1) is 23.4. The van der Waals surface area contributed by atoms with Crippen LogP contribution in [0.4, 0.5) is 36.4 Å². The minimum absolute atomic E-state index is 0.0371. The normalized spacial score (nSPS) is 11.2. The summed E-state index contributed by atoms with van der Waals surface area (Å²) in [5.74, 6) is 0.284. The lowest BCUT2D eigenvalue weighted by molar-refractivity contribution is -0.137. The second-order valence-electron chi connectivity index (χ2n) is 7.03. The fraction of sp³-hybridized carbons (Fsp3) is 0.0952. The van der Waals surface area contributed by atoms with Crippen molar-refractivity contribution in [2.75, 3.05) is 14.2 Å². The van der Waals surface area contributed by atoms with Gasteiger partial charge in [-0.25, -0.2) is 4.98 Å². The maximum atomic E-state index is 13.0. The number of benzene rings is 2. The molecule has 0 saturated carbocycles. The van der Waals surface area contributed by atoms with E-state index in [1.54, 1.807) is 41.5 Å². The lowest BCUT2D eigenvalue weighted by Gasteiger charge is -2.13. The molecule has 0 aliphatic heterocycles. The summed E-state index contributed by atoms with van der Waals surface area (Å²) in [5, 5.41) is 5.57. The Balaban J connectivity index is 1.58. The van der Waals surface area contributed by atoms with E-state index >= 15 is 0 Å². The van der Waals surface area contributed by atoms with Crippen LogP contribution in [0.3, 0.4) is 0 Å². The van der Waals surface area contributed by atoms with Crippen LogP contribution in [0.2, 0.25) is 0 Å². The zero-order chi connectivity index (χ0) is 24.3. The summed E-state index contributed by atoms with van der Waals surface area (Å²) >= 11 is 1.90. The van der Waals surface area contributed by atoms with Gasteiger partial charge >= 0.3 is 6.18 Å². The highest BCUT2D eigenvalue weighted by Gasteiger charge is 2.30. The van der Waals surface area contributed by atoms with Crippen molar-refractivity contribution >= 4 is 52.0 Å². The van der Waals surface area contributed by atoms with E-state index in [4.69, 9.17) is 0 Å². The Morgan fingerprint density at radius 3 is 2.56 bits per heavy atom. The molecule has 0 unspecified atom stereocenters. The Kier molecular flexibility index (Phi) is 6.63. The van der Waals surface area contributed by atoms with Gasteiger partial charge < -0.3 is 10.6 Å². The molecule has 2 aromatic carbocycles. The van der Waals surface area contributed by atoms with Crippen LogP contribution in [0.5, 0.6) is 0 Å². The summed E-state index contributed by atoms with van der Waals surface area (Å²) in [6.45, 7) is 1.83. The number of nitrogens with zero attached hydrogens (tertiary/aromatic N) is 5. The van der Waals surface area contributed by atoms with Gasteiger partial charge in [0.1, 0.15) is 6.33 Å². The molecule has 0 aliphatic rings. The molecular formula is C21H16F3IN8O. The number of alkyl halides is 3.